The fourth-order valence-electron chi connectivity index (χ4n) is 0.962. The maximum Gasteiger partial charge on any atom is 0.304 e. The predicted molar refractivity (Wildman–Crippen MR) is 64.3 cm³/mol. The first-order chi connectivity index (χ1) is 7.81. The molecule has 2 N–H and O–H groups in total. The van der Waals surface area contributed by atoms with Crippen LogP contribution in [-0.2, 0) is 15.0 Å². The molecule has 1 aromatic rings. The lowest BCUT2D eigenvalue weighted by Crippen LogP contribution is -2.34. The van der Waals surface area contributed by atoms with Gasteiger partial charge in [0.2, 0.25) is 0 Å². The Labute approximate surface area is 103 Å². The van der Waals surface area contributed by atoms with E-state index in [4.69, 9.17) is 5.11 Å². The Balaban J connectivity index is 2.64. The van der Waals surface area contributed by atoms with Gasteiger partial charge in [-0.05, 0) is 6.92 Å². The molecule has 0 saturated carbocycles. The molecule has 0 aliphatic heterocycles. The van der Waals surface area contributed by atoms with Gasteiger partial charge in [-0.25, -0.2) is 9.71 Å². The summed E-state index contributed by atoms with van der Waals surface area (Å²) < 4.78 is 26.6. The van der Waals surface area contributed by atoms with Crippen molar-refractivity contribution in [3.05, 3.63) is 11.1 Å². The zero-order valence-electron chi connectivity index (χ0n) is 9.37. The molecular formula is C8H13N3O4S2. The fourth-order valence-corrected chi connectivity index (χ4v) is 2.76. The Kier molecular flexibility index (Phi) is 4.43. The van der Waals surface area contributed by atoms with Crippen molar-refractivity contribution in [3.63, 3.8) is 0 Å². The van der Waals surface area contributed by atoms with Gasteiger partial charge in [0.1, 0.15) is 0 Å². The van der Waals surface area contributed by atoms with Gasteiger partial charge in [-0.3, -0.25) is 4.79 Å². The number of hydrogen-bond acceptors (Lipinski definition) is 5. The molecule has 0 spiro atoms. The highest BCUT2D eigenvalue weighted by atomic mass is 32.2. The summed E-state index contributed by atoms with van der Waals surface area (Å²) in [6, 6.07) is 0. The summed E-state index contributed by atoms with van der Waals surface area (Å²) in [6.45, 7) is 1.66. The van der Waals surface area contributed by atoms with E-state index in [2.05, 4.69) is 9.71 Å². The summed E-state index contributed by atoms with van der Waals surface area (Å²) >= 11 is 1.17. The van der Waals surface area contributed by atoms with Crippen LogP contribution in [0.1, 0.15) is 12.1 Å². The van der Waals surface area contributed by atoms with E-state index < -0.39 is 16.2 Å². The SMILES string of the molecule is Cc1csc(NS(=O)(=O)N(C)CCC(=O)O)n1. The van der Waals surface area contributed by atoms with Crippen molar-refractivity contribution in [1.29, 1.82) is 0 Å². The molecule has 0 aliphatic rings. The van der Waals surface area contributed by atoms with Gasteiger partial charge in [-0.15, -0.1) is 11.3 Å². The molecule has 9 heteroatoms. The number of carbonyl (C=O) groups is 1. The first-order valence-electron chi connectivity index (χ1n) is 4.69. The van der Waals surface area contributed by atoms with Gasteiger partial charge < -0.3 is 5.11 Å². The molecule has 0 aromatic carbocycles. The molecule has 1 aromatic heterocycles. The van der Waals surface area contributed by atoms with Crippen molar-refractivity contribution in [1.82, 2.24) is 9.29 Å². The Morgan fingerprint density at radius 2 is 2.29 bits per heavy atom. The third-order valence-electron chi connectivity index (χ3n) is 1.89. The van der Waals surface area contributed by atoms with Crippen molar-refractivity contribution in [2.45, 2.75) is 13.3 Å². The Hall–Kier alpha value is -1.19. The molecule has 0 aliphatic carbocycles. The number of aliphatic carboxylic acids is 1. The molecule has 0 bridgehead atoms. The van der Waals surface area contributed by atoms with Crippen LogP contribution < -0.4 is 4.72 Å². The molecule has 0 amide bonds. The monoisotopic (exact) mass is 279 g/mol. The second-order valence-corrected chi connectivity index (χ2v) is 6.00. The topological polar surface area (TPSA) is 99.6 Å². The number of rotatable bonds is 6. The molecule has 0 unspecified atom stereocenters. The van der Waals surface area contributed by atoms with E-state index in [1.165, 1.54) is 18.4 Å². The number of aryl methyl sites for hydroxylation is 1. The van der Waals surface area contributed by atoms with Crippen LogP contribution in [0.4, 0.5) is 5.13 Å². The van der Waals surface area contributed by atoms with Gasteiger partial charge in [0, 0.05) is 19.0 Å². The fraction of sp³-hybridized carbons (Fsp3) is 0.500. The van der Waals surface area contributed by atoms with Crippen LogP contribution in [0.3, 0.4) is 0 Å². The van der Waals surface area contributed by atoms with E-state index in [1.54, 1.807) is 12.3 Å². The number of hydrogen-bond donors (Lipinski definition) is 2. The normalized spacial score (nSPS) is 11.7. The summed E-state index contributed by atoms with van der Waals surface area (Å²) in [6.07, 6.45) is -0.242. The number of nitrogens with zero attached hydrogens (tertiary/aromatic N) is 2. The van der Waals surface area contributed by atoms with Crippen molar-refractivity contribution in [3.8, 4) is 0 Å². The molecule has 0 atom stereocenters. The van der Waals surface area contributed by atoms with Crippen molar-refractivity contribution >= 4 is 32.6 Å². The van der Waals surface area contributed by atoms with Gasteiger partial charge in [-0.2, -0.15) is 12.7 Å². The zero-order valence-corrected chi connectivity index (χ0v) is 11.0. The first kappa shape index (κ1) is 13.9. The van der Waals surface area contributed by atoms with Crippen LogP contribution in [-0.4, -0.2) is 42.4 Å². The number of carboxylic acid groups (broad SMARTS) is 1. The minimum absolute atomic E-state index is 0.0883. The lowest BCUT2D eigenvalue weighted by molar-refractivity contribution is -0.137. The quantitative estimate of drug-likeness (QED) is 0.790. The van der Waals surface area contributed by atoms with Gasteiger partial charge in [0.05, 0.1) is 12.1 Å². The summed E-state index contributed by atoms with van der Waals surface area (Å²) in [5.74, 6) is -1.04. The molecule has 0 fully saturated rings. The van der Waals surface area contributed by atoms with Crippen molar-refractivity contribution < 1.29 is 18.3 Å². The minimum Gasteiger partial charge on any atom is -0.481 e. The van der Waals surface area contributed by atoms with Crippen LogP contribution in [0.2, 0.25) is 0 Å². The summed E-state index contributed by atoms with van der Waals surface area (Å²) in [7, 11) is -2.42. The molecular weight excluding hydrogens is 266 g/mol. The average molecular weight is 279 g/mol. The first-order valence-corrected chi connectivity index (χ1v) is 7.01. The van der Waals surface area contributed by atoms with E-state index in [-0.39, 0.29) is 18.1 Å². The smallest absolute Gasteiger partial charge is 0.304 e. The lowest BCUT2D eigenvalue weighted by Gasteiger charge is -2.15. The maximum atomic E-state index is 11.7. The van der Waals surface area contributed by atoms with Crippen molar-refractivity contribution in [2.24, 2.45) is 0 Å². The number of nitrogens with one attached hydrogen (secondary N) is 1. The van der Waals surface area contributed by atoms with Crippen LogP contribution in [0.5, 0.6) is 0 Å². The van der Waals surface area contributed by atoms with Crippen LogP contribution in [0, 0.1) is 6.92 Å². The highest BCUT2D eigenvalue weighted by Crippen LogP contribution is 2.16. The third-order valence-corrected chi connectivity index (χ3v) is 4.35. The lowest BCUT2D eigenvalue weighted by atomic mass is 10.4. The number of anilines is 1. The second-order valence-electron chi connectivity index (χ2n) is 3.37. The Morgan fingerprint density at radius 1 is 1.65 bits per heavy atom. The van der Waals surface area contributed by atoms with Gasteiger partial charge in [0.25, 0.3) is 0 Å². The van der Waals surface area contributed by atoms with Gasteiger partial charge in [-0.1, -0.05) is 0 Å². The molecule has 0 saturated heterocycles. The molecule has 17 heavy (non-hydrogen) atoms. The molecule has 0 radical (unpaired) electrons. The molecule has 7 nitrogen and oxygen atoms in total. The average Bonchev–Trinajstić information content (AvgIpc) is 2.59. The molecule has 1 heterocycles. The Morgan fingerprint density at radius 3 is 2.76 bits per heavy atom. The van der Waals surface area contributed by atoms with E-state index in [0.29, 0.717) is 0 Å². The summed E-state index contributed by atoms with van der Waals surface area (Å²) in [5.41, 5.74) is 0.723. The largest absolute Gasteiger partial charge is 0.481 e. The van der Waals surface area contributed by atoms with E-state index in [9.17, 15) is 13.2 Å². The second kappa shape index (κ2) is 5.43. The highest BCUT2D eigenvalue weighted by Gasteiger charge is 2.19. The Bertz CT molecular complexity index is 497. The van der Waals surface area contributed by atoms with Crippen molar-refractivity contribution in [2.75, 3.05) is 18.3 Å². The summed E-state index contributed by atoms with van der Waals surface area (Å²) in [5, 5.41) is 10.5. The van der Waals surface area contributed by atoms with Crippen LogP contribution in [0.25, 0.3) is 0 Å². The van der Waals surface area contributed by atoms with Crippen LogP contribution >= 0.6 is 11.3 Å². The van der Waals surface area contributed by atoms with Gasteiger partial charge >= 0.3 is 16.2 Å². The van der Waals surface area contributed by atoms with Gasteiger partial charge in [0.15, 0.2) is 5.13 Å². The zero-order chi connectivity index (χ0) is 13.1. The number of aromatic nitrogens is 1. The van der Waals surface area contributed by atoms with E-state index in [0.717, 1.165) is 10.00 Å². The predicted octanol–water partition coefficient (Wildman–Crippen LogP) is 0.515. The standard InChI is InChI=1S/C8H13N3O4S2/c1-6-5-16-8(9-6)10-17(14,15)11(2)4-3-7(12)13/h5H,3-4H2,1-2H3,(H,9,10)(H,12,13). The van der Waals surface area contributed by atoms with E-state index in [1.807, 2.05) is 0 Å². The minimum atomic E-state index is -3.73. The number of thiazole rings is 1. The van der Waals surface area contributed by atoms with E-state index >= 15 is 0 Å². The maximum absolute atomic E-state index is 11.7. The molecule has 96 valence electrons. The van der Waals surface area contributed by atoms with Crippen LogP contribution in [0.15, 0.2) is 5.38 Å². The third kappa shape index (κ3) is 4.29. The molecule has 1 rings (SSSR count). The summed E-state index contributed by atoms with van der Waals surface area (Å²) in [4.78, 5) is 14.3. The number of carboxylic acids is 1. The highest BCUT2D eigenvalue weighted by molar-refractivity contribution is 7.90.